The van der Waals surface area contributed by atoms with Crippen LogP contribution in [-0.4, -0.2) is 46.5 Å². The largest absolute Gasteiger partial charge is 0.465 e. The van der Waals surface area contributed by atoms with Gasteiger partial charge in [-0.3, -0.25) is 9.36 Å². The molecule has 1 aromatic carbocycles. The van der Waals surface area contributed by atoms with E-state index in [4.69, 9.17) is 20.8 Å². The first kappa shape index (κ1) is 19.2. The van der Waals surface area contributed by atoms with E-state index in [1.54, 1.807) is 39.8 Å². The molecule has 150 valence electrons. The molecule has 0 bridgehead atoms. The first-order valence-electron chi connectivity index (χ1n) is 9.12. The number of fused-ring (bicyclic) bond motifs is 1. The minimum absolute atomic E-state index is 0.120. The number of nitrogens with zero attached hydrogens (tertiary/aromatic N) is 3. The zero-order chi connectivity index (χ0) is 20.5. The average molecular weight is 416 g/mol. The Morgan fingerprint density at radius 1 is 1.17 bits per heavy atom. The van der Waals surface area contributed by atoms with Gasteiger partial charge >= 0.3 is 11.7 Å². The topological polar surface area (TPSA) is 94.6 Å². The number of aromatic nitrogens is 2. The number of pyridine rings is 1. The Balaban J connectivity index is 1.55. The highest BCUT2D eigenvalue weighted by Crippen LogP contribution is 2.27. The maximum absolute atomic E-state index is 12.6. The van der Waals surface area contributed by atoms with Gasteiger partial charge in [-0.15, -0.1) is 0 Å². The van der Waals surface area contributed by atoms with Gasteiger partial charge in [0.05, 0.1) is 23.8 Å². The van der Waals surface area contributed by atoms with Gasteiger partial charge in [-0.25, -0.2) is 14.6 Å². The molecule has 3 heterocycles. The van der Waals surface area contributed by atoms with E-state index in [1.807, 2.05) is 0 Å². The number of benzene rings is 1. The number of hydrogen-bond acceptors (Lipinski definition) is 6. The summed E-state index contributed by atoms with van der Waals surface area (Å²) in [7, 11) is 1.30. The van der Waals surface area contributed by atoms with Crippen molar-refractivity contribution in [3.63, 3.8) is 0 Å². The number of rotatable bonds is 3. The molecular formula is C20H18ClN3O5. The molecular weight excluding hydrogens is 398 g/mol. The summed E-state index contributed by atoms with van der Waals surface area (Å²) in [5.74, 6) is -1.08. The Morgan fingerprint density at radius 3 is 2.55 bits per heavy atom. The lowest BCUT2D eigenvalue weighted by Gasteiger charge is -2.32. The summed E-state index contributed by atoms with van der Waals surface area (Å²) in [6.45, 7) is 0.976. The van der Waals surface area contributed by atoms with Gasteiger partial charge in [-0.05, 0) is 43.2 Å². The molecule has 8 nitrogen and oxygen atoms in total. The van der Waals surface area contributed by atoms with Gasteiger partial charge in [-0.1, -0.05) is 11.6 Å². The minimum Gasteiger partial charge on any atom is -0.465 e. The summed E-state index contributed by atoms with van der Waals surface area (Å²) >= 11 is 5.77. The Morgan fingerprint density at radius 2 is 1.90 bits per heavy atom. The second kappa shape index (κ2) is 7.71. The molecule has 0 saturated carbocycles. The van der Waals surface area contributed by atoms with E-state index in [1.165, 1.54) is 13.3 Å². The Labute approximate surface area is 170 Å². The number of esters is 1. The predicted octanol–water partition coefficient (Wildman–Crippen LogP) is 2.91. The third kappa shape index (κ3) is 3.63. The van der Waals surface area contributed by atoms with Crippen LogP contribution in [0.3, 0.4) is 0 Å². The van der Waals surface area contributed by atoms with Crippen LogP contribution in [0.1, 0.15) is 39.6 Å². The summed E-state index contributed by atoms with van der Waals surface area (Å²) < 4.78 is 11.6. The smallest absolute Gasteiger partial charge is 0.420 e. The van der Waals surface area contributed by atoms with Crippen LogP contribution in [0.4, 0.5) is 0 Å². The predicted molar refractivity (Wildman–Crippen MR) is 105 cm³/mol. The summed E-state index contributed by atoms with van der Waals surface area (Å²) in [6.07, 6.45) is 2.63. The molecule has 1 fully saturated rings. The highest BCUT2D eigenvalue weighted by atomic mass is 35.5. The molecule has 3 aromatic rings. The van der Waals surface area contributed by atoms with E-state index in [0.717, 1.165) is 0 Å². The number of ether oxygens (including phenoxy) is 1. The third-order valence-corrected chi connectivity index (χ3v) is 5.35. The van der Waals surface area contributed by atoms with Gasteiger partial charge in [0, 0.05) is 25.3 Å². The van der Waals surface area contributed by atoms with E-state index in [-0.39, 0.29) is 11.9 Å². The number of amides is 1. The van der Waals surface area contributed by atoms with Gasteiger partial charge in [0.25, 0.3) is 5.91 Å². The molecule has 4 rings (SSSR count). The average Bonchev–Trinajstić information content (AvgIpc) is 3.08. The maximum Gasteiger partial charge on any atom is 0.420 e. The lowest BCUT2D eigenvalue weighted by Crippen LogP contribution is -2.40. The number of methoxy groups -OCH3 is 1. The SMILES string of the molecule is COC(=O)c1ccc2oc(=O)n(C3CCN(C(=O)c4ccc(Cl)nc4)CC3)c2c1. The van der Waals surface area contributed by atoms with Crippen molar-refractivity contribution >= 4 is 34.6 Å². The van der Waals surface area contributed by atoms with Gasteiger partial charge in [0.2, 0.25) is 0 Å². The molecule has 0 radical (unpaired) electrons. The fourth-order valence-corrected chi connectivity index (χ4v) is 3.75. The third-order valence-electron chi connectivity index (χ3n) is 5.12. The number of carbonyl (C=O) groups excluding carboxylic acids is 2. The summed E-state index contributed by atoms with van der Waals surface area (Å²) in [6, 6.07) is 7.84. The van der Waals surface area contributed by atoms with Crippen molar-refractivity contribution in [3.05, 3.63) is 63.4 Å². The highest BCUT2D eigenvalue weighted by molar-refractivity contribution is 6.29. The molecule has 29 heavy (non-hydrogen) atoms. The Kier molecular flexibility index (Phi) is 5.10. The first-order valence-corrected chi connectivity index (χ1v) is 9.50. The molecule has 0 spiro atoms. The second-order valence-corrected chi connectivity index (χ2v) is 7.19. The number of carbonyl (C=O) groups is 2. The van der Waals surface area contributed by atoms with Crippen LogP contribution in [0.2, 0.25) is 5.15 Å². The quantitative estimate of drug-likeness (QED) is 0.482. The highest BCUT2D eigenvalue weighted by Gasteiger charge is 2.27. The Hall–Kier alpha value is -3.13. The molecule has 0 unspecified atom stereocenters. The number of hydrogen-bond donors (Lipinski definition) is 0. The minimum atomic E-state index is -0.482. The van der Waals surface area contributed by atoms with Crippen molar-refractivity contribution in [1.29, 1.82) is 0 Å². The molecule has 1 amide bonds. The van der Waals surface area contributed by atoms with Crippen LogP contribution in [0.15, 0.2) is 45.7 Å². The van der Waals surface area contributed by atoms with Crippen molar-refractivity contribution in [3.8, 4) is 0 Å². The zero-order valence-corrected chi connectivity index (χ0v) is 16.4. The molecule has 1 aliphatic rings. The first-order chi connectivity index (χ1) is 14.0. The van der Waals surface area contributed by atoms with Crippen molar-refractivity contribution in [2.75, 3.05) is 20.2 Å². The number of piperidine rings is 1. The van der Waals surface area contributed by atoms with E-state index in [2.05, 4.69) is 4.98 Å². The van der Waals surface area contributed by atoms with Crippen molar-refractivity contribution in [1.82, 2.24) is 14.5 Å². The Bertz CT molecular complexity index is 1130. The maximum atomic E-state index is 12.6. The van der Waals surface area contributed by atoms with Crippen molar-refractivity contribution in [2.45, 2.75) is 18.9 Å². The molecule has 0 N–H and O–H groups in total. The molecule has 2 aromatic heterocycles. The normalized spacial score (nSPS) is 14.9. The monoisotopic (exact) mass is 415 g/mol. The summed E-state index contributed by atoms with van der Waals surface area (Å²) in [5.41, 5.74) is 1.77. The lowest BCUT2D eigenvalue weighted by atomic mass is 10.0. The lowest BCUT2D eigenvalue weighted by molar-refractivity contribution is 0.0600. The fourth-order valence-electron chi connectivity index (χ4n) is 3.64. The number of oxazole rings is 1. The van der Waals surface area contributed by atoms with Crippen LogP contribution in [0.25, 0.3) is 11.1 Å². The van der Waals surface area contributed by atoms with Crippen LogP contribution in [0, 0.1) is 0 Å². The van der Waals surface area contributed by atoms with Crippen LogP contribution < -0.4 is 5.76 Å². The van der Waals surface area contributed by atoms with Crippen molar-refractivity contribution in [2.24, 2.45) is 0 Å². The number of halogens is 1. The fraction of sp³-hybridized carbons (Fsp3) is 0.300. The summed E-state index contributed by atoms with van der Waals surface area (Å²) in [5, 5.41) is 0.331. The molecule has 1 saturated heterocycles. The van der Waals surface area contributed by atoms with Crippen LogP contribution >= 0.6 is 11.6 Å². The van der Waals surface area contributed by atoms with E-state index >= 15 is 0 Å². The summed E-state index contributed by atoms with van der Waals surface area (Å²) in [4.78, 5) is 42.6. The second-order valence-electron chi connectivity index (χ2n) is 6.81. The van der Waals surface area contributed by atoms with Gasteiger partial charge < -0.3 is 14.1 Å². The van der Waals surface area contributed by atoms with E-state index in [0.29, 0.717) is 53.3 Å². The molecule has 9 heteroatoms. The van der Waals surface area contributed by atoms with Crippen LogP contribution in [-0.2, 0) is 4.74 Å². The van der Waals surface area contributed by atoms with Crippen LogP contribution in [0.5, 0.6) is 0 Å². The molecule has 1 aliphatic heterocycles. The zero-order valence-electron chi connectivity index (χ0n) is 15.6. The van der Waals surface area contributed by atoms with E-state index in [9.17, 15) is 14.4 Å². The molecule has 0 aliphatic carbocycles. The standard InChI is InChI=1S/C20H18ClN3O5/c1-28-19(26)12-2-4-16-15(10-12)24(20(27)29-16)14-6-8-23(9-7-14)18(25)13-3-5-17(21)22-11-13/h2-5,10-11,14H,6-9H2,1H3. The van der Waals surface area contributed by atoms with Gasteiger partial charge in [0.1, 0.15) is 5.15 Å². The van der Waals surface area contributed by atoms with Gasteiger partial charge in [-0.2, -0.15) is 0 Å². The van der Waals surface area contributed by atoms with Gasteiger partial charge in [0.15, 0.2) is 5.58 Å². The van der Waals surface area contributed by atoms with E-state index < -0.39 is 11.7 Å². The van der Waals surface area contributed by atoms with Crippen molar-refractivity contribution < 1.29 is 18.7 Å². The number of likely N-dealkylation sites (tertiary alicyclic amines) is 1. The molecule has 0 atom stereocenters.